The van der Waals surface area contributed by atoms with Crippen LogP contribution in [0, 0.1) is 12.8 Å². The van der Waals surface area contributed by atoms with E-state index in [4.69, 9.17) is 9.47 Å². The monoisotopic (exact) mass is 318 g/mol. The van der Waals surface area contributed by atoms with Crippen LogP contribution in [0.15, 0.2) is 17.1 Å². The summed E-state index contributed by atoms with van der Waals surface area (Å²) in [4.78, 5) is 6.60. The lowest BCUT2D eigenvalue weighted by atomic mass is 9.86. The molecule has 0 N–H and O–H groups in total. The van der Waals surface area contributed by atoms with E-state index in [9.17, 15) is 0 Å². The number of rotatable bonds is 9. The maximum atomic E-state index is 5.81. The molecule has 0 spiro atoms. The van der Waals surface area contributed by atoms with Gasteiger partial charge >= 0.3 is 0 Å². The van der Waals surface area contributed by atoms with Crippen LogP contribution in [0.1, 0.15) is 37.3 Å². The quantitative estimate of drug-likeness (QED) is 0.392. The van der Waals surface area contributed by atoms with Crippen molar-refractivity contribution in [2.75, 3.05) is 33.9 Å². The molecule has 0 unspecified atom stereocenters. The number of methoxy groups -OCH3 is 1. The van der Waals surface area contributed by atoms with Crippen molar-refractivity contribution in [3.05, 3.63) is 23.3 Å². The number of aliphatic imine (C=N–C) groups is 1. The first-order chi connectivity index (χ1) is 11.1. The van der Waals surface area contributed by atoms with Gasteiger partial charge in [0.1, 0.15) is 5.75 Å². The minimum absolute atomic E-state index is 0.757. The van der Waals surface area contributed by atoms with Crippen molar-refractivity contribution in [2.45, 2.75) is 39.5 Å². The number of hydrogen-bond donors (Lipinski definition) is 0. The van der Waals surface area contributed by atoms with Crippen molar-refractivity contribution >= 4 is 12.0 Å². The van der Waals surface area contributed by atoms with Gasteiger partial charge in [-0.1, -0.05) is 12.5 Å². The van der Waals surface area contributed by atoms with Gasteiger partial charge in [-0.25, -0.2) is 4.99 Å². The van der Waals surface area contributed by atoms with Crippen LogP contribution in [0.25, 0.3) is 0 Å². The van der Waals surface area contributed by atoms with Gasteiger partial charge in [0.2, 0.25) is 0 Å². The molecule has 1 aromatic rings. The van der Waals surface area contributed by atoms with Gasteiger partial charge in [-0.2, -0.15) is 0 Å². The topological polar surface area (TPSA) is 34.1 Å². The van der Waals surface area contributed by atoms with Gasteiger partial charge in [-0.15, -0.1) is 0 Å². The zero-order valence-corrected chi connectivity index (χ0v) is 15.0. The van der Waals surface area contributed by atoms with Gasteiger partial charge in [0, 0.05) is 26.3 Å². The van der Waals surface area contributed by atoms with Gasteiger partial charge in [0.05, 0.1) is 25.7 Å². The fraction of sp³-hybridized carbons (Fsp3) is 0.632. The Labute approximate surface area is 140 Å². The molecule has 0 heterocycles. The highest BCUT2D eigenvalue weighted by atomic mass is 16.5. The second-order valence-corrected chi connectivity index (χ2v) is 6.39. The Morgan fingerprint density at radius 3 is 2.74 bits per heavy atom. The third-order valence-electron chi connectivity index (χ3n) is 4.59. The number of nitrogens with zero attached hydrogens (tertiary/aromatic N) is 2. The lowest BCUT2D eigenvalue weighted by Crippen LogP contribution is -2.18. The minimum atomic E-state index is 0.757. The first-order valence-electron chi connectivity index (χ1n) is 8.63. The molecule has 2 rings (SSSR count). The van der Waals surface area contributed by atoms with Crippen molar-refractivity contribution in [1.82, 2.24) is 4.90 Å². The molecule has 0 aromatic heterocycles. The van der Waals surface area contributed by atoms with E-state index in [1.54, 1.807) is 7.11 Å². The molecule has 1 aliphatic carbocycles. The lowest BCUT2D eigenvalue weighted by molar-refractivity contribution is 0.0720. The molecule has 1 aliphatic rings. The molecule has 0 amide bonds. The second-order valence-electron chi connectivity index (χ2n) is 6.39. The van der Waals surface area contributed by atoms with Crippen LogP contribution < -0.4 is 4.74 Å². The van der Waals surface area contributed by atoms with Crippen LogP contribution in [-0.4, -0.2) is 45.2 Å². The Morgan fingerprint density at radius 1 is 1.35 bits per heavy atom. The Hall–Kier alpha value is -1.55. The molecule has 1 aromatic carbocycles. The number of ether oxygens (including phenoxy) is 2. The van der Waals surface area contributed by atoms with E-state index in [1.165, 1.54) is 30.4 Å². The summed E-state index contributed by atoms with van der Waals surface area (Å²) < 4.78 is 11.4. The van der Waals surface area contributed by atoms with Crippen molar-refractivity contribution in [2.24, 2.45) is 10.9 Å². The summed E-state index contributed by atoms with van der Waals surface area (Å²) in [6.45, 7) is 6.81. The molecular formula is C19H30N2O2. The average Bonchev–Trinajstić information content (AvgIpc) is 2.51. The predicted octanol–water partition coefficient (Wildman–Crippen LogP) is 3.97. The molecule has 0 bridgehead atoms. The summed E-state index contributed by atoms with van der Waals surface area (Å²) in [6, 6.07) is 4.20. The number of aryl methyl sites for hydroxylation is 1. The Bertz CT molecular complexity index is 524. The van der Waals surface area contributed by atoms with Gasteiger partial charge < -0.3 is 14.4 Å². The molecule has 128 valence electrons. The highest BCUT2D eigenvalue weighted by Gasteiger charge is 2.17. The zero-order chi connectivity index (χ0) is 16.7. The van der Waals surface area contributed by atoms with E-state index in [1.807, 2.05) is 24.4 Å². The third-order valence-corrected chi connectivity index (χ3v) is 4.59. The van der Waals surface area contributed by atoms with Crippen LogP contribution in [-0.2, 0) is 11.2 Å². The molecule has 23 heavy (non-hydrogen) atoms. The van der Waals surface area contributed by atoms with Crippen molar-refractivity contribution < 1.29 is 9.47 Å². The summed E-state index contributed by atoms with van der Waals surface area (Å²) in [5.74, 6) is 1.69. The smallest absolute Gasteiger partial charge is 0.124 e. The number of hydrogen-bond acceptors (Lipinski definition) is 3. The van der Waals surface area contributed by atoms with E-state index in [2.05, 4.69) is 24.9 Å². The molecule has 0 atom stereocenters. The maximum absolute atomic E-state index is 5.81. The summed E-state index contributed by atoms with van der Waals surface area (Å²) in [5, 5.41) is 0. The molecule has 0 radical (unpaired) electrons. The highest BCUT2D eigenvalue weighted by molar-refractivity contribution is 5.64. The van der Waals surface area contributed by atoms with E-state index in [0.29, 0.717) is 0 Å². The second kappa shape index (κ2) is 8.92. The van der Waals surface area contributed by atoms with E-state index in [0.717, 1.165) is 43.5 Å². The summed E-state index contributed by atoms with van der Waals surface area (Å²) in [6.07, 6.45) is 6.79. The Kier molecular flexibility index (Phi) is 6.90. The fourth-order valence-electron chi connectivity index (χ4n) is 2.60. The van der Waals surface area contributed by atoms with E-state index in [-0.39, 0.29) is 0 Å². The molecule has 4 heteroatoms. The van der Waals surface area contributed by atoms with Crippen molar-refractivity contribution in [3.63, 3.8) is 0 Å². The van der Waals surface area contributed by atoms with E-state index < -0.39 is 0 Å². The van der Waals surface area contributed by atoms with Crippen molar-refractivity contribution in [3.8, 4) is 5.75 Å². The fourth-order valence-corrected chi connectivity index (χ4v) is 2.60. The maximum Gasteiger partial charge on any atom is 0.124 e. The van der Waals surface area contributed by atoms with E-state index >= 15 is 0 Å². The van der Waals surface area contributed by atoms with Crippen LogP contribution in [0.4, 0.5) is 5.69 Å². The standard InChI is InChI=1S/C19H30N2O2/c1-5-21(3)14-20-18-12-19(22-4)17(11-15(18)2)9-10-23-13-16-7-6-8-16/h11-12,14,16H,5-10,13H2,1-4H3. The lowest BCUT2D eigenvalue weighted by Gasteiger charge is -2.24. The molecule has 0 saturated heterocycles. The Morgan fingerprint density at radius 2 is 2.13 bits per heavy atom. The molecule has 1 fully saturated rings. The molecule has 4 nitrogen and oxygen atoms in total. The zero-order valence-electron chi connectivity index (χ0n) is 15.0. The van der Waals surface area contributed by atoms with Crippen molar-refractivity contribution in [1.29, 1.82) is 0 Å². The van der Waals surface area contributed by atoms with Crippen LogP contribution in [0.3, 0.4) is 0 Å². The highest BCUT2D eigenvalue weighted by Crippen LogP contribution is 2.30. The SMILES string of the molecule is CCN(C)C=Nc1cc(OC)c(CCOCC2CCC2)cc1C. The summed E-state index contributed by atoms with van der Waals surface area (Å²) in [7, 11) is 3.74. The minimum Gasteiger partial charge on any atom is -0.496 e. The Balaban J connectivity index is 1.96. The van der Waals surface area contributed by atoms with Crippen LogP contribution in [0.5, 0.6) is 5.75 Å². The van der Waals surface area contributed by atoms with Gasteiger partial charge in [-0.3, -0.25) is 0 Å². The molecular weight excluding hydrogens is 288 g/mol. The normalized spacial score (nSPS) is 15.0. The van der Waals surface area contributed by atoms with Crippen LogP contribution in [0.2, 0.25) is 0 Å². The largest absolute Gasteiger partial charge is 0.496 e. The molecule has 1 saturated carbocycles. The summed E-state index contributed by atoms with van der Waals surface area (Å²) in [5.41, 5.74) is 3.32. The third kappa shape index (κ3) is 5.24. The average molecular weight is 318 g/mol. The first-order valence-corrected chi connectivity index (χ1v) is 8.63. The molecule has 0 aliphatic heterocycles. The summed E-state index contributed by atoms with van der Waals surface area (Å²) >= 11 is 0. The van der Waals surface area contributed by atoms with Gasteiger partial charge in [0.25, 0.3) is 0 Å². The number of benzene rings is 1. The van der Waals surface area contributed by atoms with Gasteiger partial charge in [-0.05, 0) is 50.2 Å². The van der Waals surface area contributed by atoms with Gasteiger partial charge in [0.15, 0.2) is 0 Å². The first kappa shape index (κ1) is 17.8. The van der Waals surface area contributed by atoms with Crippen LogP contribution >= 0.6 is 0 Å². The predicted molar refractivity (Wildman–Crippen MR) is 96.1 cm³/mol.